The number of halogens is 3. The number of anilines is 1. The monoisotopic (exact) mass is 318 g/mol. The topological polar surface area (TPSA) is 23.6 Å². The van der Waals surface area contributed by atoms with Crippen LogP contribution in [0.15, 0.2) is 28.7 Å². The Hall–Kier alpha value is -1.17. The minimum absolute atomic E-state index is 0.344. The molecule has 0 atom stereocenters. The second-order valence-electron chi connectivity index (χ2n) is 4.10. The van der Waals surface area contributed by atoms with Crippen LogP contribution >= 0.6 is 15.9 Å². The third-order valence-electron chi connectivity index (χ3n) is 2.81. The molecule has 2 rings (SSSR count). The Bertz CT molecular complexity index is 425. The van der Waals surface area contributed by atoms with Gasteiger partial charge in [0, 0.05) is 23.2 Å². The van der Waals surface area contributed by atoms with Crippen molar-refractivity contribution >= 4 is 27.6 Å². The number of urea groups is 1. The Morgan fingerprint density at radius 2 is 1.89 bits per heavy atom. The van der Waals surface area contributed by atoms with Gasteiger partial charge in [-0.3, -0.25) is 4.90 Å². The van der Waals surface area contributed by atoms with Gasteiger partial charge < -0.3 is 4.90 Å². The zero-order valence-electron chi connectivity index (χ0n) is 9.65. The van der Waals surface area contributed by atoms with Crippen molar-refractivity contribution in [2.75, 3.05) is 24.5 Å². The predicted octanol–water partition coefficient (Wildman–Crippen LogP) is 3.35. The molecule has 0 aliphatic carbocycles. The molecule has 18 heavy (non-hydrogen) atoms. The molecule has 1 aliphatic rings. The number of nitrogens with zero attached hydrogens (tertiary/aromatic N) is 2. The molecule has 0 unspecified atom stereocenters. The maximum absolute atomic E-state index is 12.4. The quantitative estimate of drug-likeness (QED) is 0.838. The van der Waals surface area contributed by atoms with E-state index in [-0.39, 0.29) is 6.03 Å². The molecule has 3 nitrogen and oxygen atoms in total. The summed E-state index contributed by atoms with van der Waals surface area (Å²) in [6, 6.07) is 6.91. The van der Waals surface area contributed by atoms with Gasteiger partial charge in [0.15, 0.2) is 0 Å². The first-order valence-corrected chi connectivity index (χ1v) is 6.47. The van der Waals surface area contributed by atoms with Crippen LogP contribution in [0.1, 0.15) is 6.42 Å². The van der Waals surface area contributed by atoms with Crippen molar-refractivity contribution in [3.63, 3.8) is 0 Å². The average molecular weight is 319 g/mol. The summed E-state index contributed by atoms with van der Waals surface area (Å²) >= 11 is 3.32. The minimum Gasteiger partial charge on any atom is -0.319 e. The third-order valence-corrected chi connectivity index (χ3v) is 3.34. The van der Waals surface area contributed by atoms with Crippen LogP contribution in [0.5, 0.6) is 0 Å². The van der Waals surface area contributed by atoms with Crippen LogP contribution < -0.4 is 4.90 Å². The molecule has 0 bridgehead atoms. The first-order chi connectivity index (χ1) is 8.58. The summed E-state index contributed by atoms with van der Waals surface area (Å²) in [5.41, 5.74) is 0.738. The highest BCUT2D eigenvalue weighted by Gasteiger charge is 2.28. The summed E-state index contributed by atoms with van der Waals surface area (Å²) in [4.78, 5) is 14.8. The lowest BCUT2D eigenvalue weighted by molar-refractivity contribution is 0.0963. The average Bonchev–Trinajstić information content (AvgIpc) is 2.33. The summed E-state index contributed by atoms with van der Waals surface area (Å²) in [6.07, 6.45) is -1.78. The molecule has 1 fully saturated rings. The number of amides is 2. The van der Waals surface area contributed by atoms with E-state index >= 15 is 0 Å². The lowest BCUT2D eigenvalue weighted by Crippen LogP contribution is -2.50. The van der Waals surface area contributed by atoms with Crippen LogP contribution in [0.3, 0.4) is 0 Å². The van der Waals surface area contributed by atoms with E-state index in [9.17, 15) is 13.6 Å². The Kier molecular flexibility index (Phi) is 4.16. The molecule has 0 radical (unpaired) electrons. The van der Waals surface area contributed by atoms with Gasteiger partial charge in [-0.1, -0.05) is 15.9 Å². The first-order valence-electron chi connectivity index (χ1n) is 5.68. The molecule has 1 saturated heterocycles. The molecule has 0 aromatic heterocycles. The van der Waals surface area contributed by atoms with Crippen LogP contribution in [0.2, 0.25) is 0 Å². The van der Waals surface area contributed by atoms with E-state index < -0.39 is 13.0 Å². The highest BCUT2D eigenvalue weighted by molar-refractivity contribution is 9.10. The van der Waals surface area contributed by atoms with Crippen LogP contribution in [0.25, 0.3) is 0 Å². The lowest BCUT2D eigenvalue weighted by Gasteiger charge is -2.35. The first kappa shape index (κ1) is 13.3. The van der Waals surface area contributed by atoms with Crippen molar-refractivity contribution in [1.29, 1.82) is 0 Å². The summed E-state index contributed by atoms with van der Waals surface area (Å²) in [7, 11) is 0. The Balaban J connectivity index is 2.13. The van der Waals surface area contributed by atoms with Crippen molar-refractivity contribution in [3.8, 4) is 0 Å². The third kappa shape index (κ3) is 2.98. The summed E-state index contributed by atoms with van der Waals surface area (Å²) in [5.74, 6) is 0. The number of hydrogen-bond donors (Lipinski definition) is 0. The number of benzene rings is 1. The molecule has 1 aromatic carbocycles. The molecule has 0 saturated carbocycles. The molecule has 2 amide bonds. The van der Waals surface area contributed by atoms with Gasteiger partial charge in [-0.25, -0.2) is 13.6 Å². The van der Waals surface area contributed by atoms with Crippen molar-refractivity contribution in [2.24, 2.45) is 0 Å². The van der Waals surface area contributed by atoms with Gasteiger partial charge in [-0.15, -0.1) is 0 Å². The van der Waals surface area contributed by atoms with Crippen LogP contribution in [-0.4, -0.2) is 37.0 Å². The maximum Gasteiger partial charge on any atom is 0.324 e. The summed E-state index contributed by atoms with van der Waals surface area (Å²) in [5, 5.41) is 0. The summed E-state index contributed by atoms with van der Waals surface area (Å²) < 4.78 is 25.6. The van der Waals surface area contributed by atoms with E-state index in [1.165, 1.54) is 4.90 Å². The Morgan fingerprint density at radius 1 is 1.22 bits per heavy atom. The van der Waals surface area contributed by atoms with Gasteiger partial charge in [-0.05, 0) is 30.7 Å². The Morgan fingerprint density at radius 3 is 2.50 bits per heavy atom. The predicted molar refractivity (Wildman–Crippen MR) is 69.1 cm³/mol. The fourth-order valence-corrected chi connectivity index (χ4v) is 2.24. The number of carbonyl (C=O) groups is 1. The smallest absolute Gasteiger partial charge is 0.319 e. The molecule has 98 valence electrons. The second-order valence-corrected chi connectivity index (χ2v) is 5.02. The van der Waals surface area contributed by atoms with Gasteiger partial charge in [0.05, 0.1) is 6.54 Å². The SMILES string of the molecule is O=C1N(CC(F)F)CCCN1c1ccc(Br)cc1. The Labute approximate surface area is 112 Å². The number of carbonyl (C=O) groups excluding carboxylic acids is 1. The normalized spacial score (nSPS) is 16.6. The lowest BCUT2D eigenvalue weighted by atomic mass is 10.2. The standard InChI is InChI=1S/C12H13BrF2N2O/c13-9-2-4-10(5-3-9)17-7-1-6-16(12(17)18)8-11(14)15/h2-5,11H,1,6-8H2. The molecule has 0 spiro atoms. The molecule has 0 N–H and O–H groups in total. The summed E-state index contributed by atoms with van der Waals surface area (Å²) in [6.45, 7) is 0.474. The van der Waals surface area contributed by atoms with E-state index in [4.69, 9.17) is 0 Å². The fourth-order valence-electron chi connectivity index (χ4n) is 1.98. The molecule has 1 heterocycles. The maximum atomic E-state index is 12.4. The van der Waals surface area contributed by atoms with E-state index in [1.54, 1.807) is 17.0 Å². The van der Waals surface area contributed by atoms with Gasteiger partial charge in [-0.2, -0.15) is 0 Å². The van der Waals surface area contributed by atoms with Crippen LogP contribution in [-0.2, 0) is 0 Å². The molecule has 1 aliphatic heterocycles. The molecule has 1 aromatic rings. The van der Waals surface area contributed by atoms with Gasteiger partial charge in [0.25, 0.3) is 6.43 Å². The van der Waals surface area contributed by atoms with Gasteiger partial charge in [0.1, 0.15) is 0 Å². The molecular weight excluding hydrogens is 306 g/mol. The van der Waals surface area contributed by atoms with Crippen molar-refractivity contribution < 1.29 is 13.6 Å². The number of hydrogen-bond acceptors (Lipinski definition) is 1. The van der Waals surface area contributed by atoms with Crippen LogP contribution in [0, 0.1) is 0 Å². The largest absolute Gasteiger partial charge is 0.324 e. The minimum atomic E-state index is -2.49. The van der Waals surface area contributed by atoms with Crippen molar-refractivity contribution in [2.45, 2.75) is 12.8 Å². The van der Waals surface area contributed by atoms with E-state index in [2.05, 4.69) is 15.9 Å². The highest BCUT2D eigenvalue weighted by atomic mass is 79.9. The number of rotatable bonds is 3. The van der Waals surface area contributed by atoms with E-state index in [0.717, 1.165) is 10.2 Å². The zero-order valence-corrected chi connectivity index (χ0v) is 11.2. The van der Waals surface area contributed by atoms with E-state index in [0.29, 0.717) is 19.5 Å². The van der Waals surface area contributed by atoms with Crippen LogP contribution in [0.4, 0.5) is 19.3 Å². The fraction of sp³-hybridized carbons (Fsp3) is 0.417. The zero-order chi connectivity index (χ0) is 13.1. The second kappa shape index (κ2) is 5.65. The van der Waals surface area contributed by atoms with Gasteiger partial charge >= 0.3 is 6.03 Å². The number of alkyl halides is 2. The van der Waals surface area contributed by atoms with Crippen molar-refractivity contribution in [3.05, 3.63) is 28.7 Å². The van der Waals surface area contributed by atoms with Gasteiger partial charge in [0.2, 0.25) is 0 Å². The molecular formula is C12H13BrF2N2O. The molecule has 6 heteroatoms. The van der Waals surface area contributed by atoms with Crippen molar-refractivity contribution in [1.82, 2.24) is 4.90 Å². The van der Waals surface area contributed by atoms with E-state index in [1.807, 2.05) is 12.1 Å². The highest BCUT2D eigenvalue weighted by Crippen LogP contribution is 2.22.